The maximum Gasteiger partial charge on any atom is 0.255 e. The van der Waals surface area contributed by atoms with Crippen LogP contribution in [0.3, 0.4) is 0 Å². The highest BCUT2D eigenvalue weighted by Crippen LogP contribution is 2.29. The molecule has 6 nitrogen and oxygen atoms in total. The van der Waals surface area contributed by atoms with E-state index < -0.39 is 0 Å². The van der Waals surface area contributed by atoms with Gasteiger partial charge in [0.1, 0.15) is 5.01 Å². The molecule has 5 aromatic rings. The van der Waals surface area contributed by atoms with Crippen molar-refractivity contribution < 1.29 is 4.79 Å². The number of rotatable bonds is 5. The molecule has 3 aromatic carbocycles. The third-order valence-corrected chi connectivity index (χ3v) is 6.31. The Balaban J connectivity index is 1.39. The number of carbonyl (C=O) groups excluding carboxylic acids is 1. The van der Waals surface area contributed by atoms with E-state index in [2.05, 4.69) is 32.7 Å². The minimum absolute atomic E-state index is 0.142. The number of nitrogens with one attached hydrogen (secondary N) is 1. The van der Waals surface area contributed by atoms with Crippen LogP contribution in [0.5, 0.6) is 0 Å². The van der Waals surface area contributed by atoms with Crippen LogP contribution in [0, 0.1) is 6.92 Å². The van der Waals surface area contributed by atoms with Crippen molar-refractivity contribution in [2.45, 2.75) is 20.3 Å². The monoisotopic (exact) mass is 439 g/mol. The van der Waals surface area contributed by atoms with Gasteiger partial charge < -0.3 is 5.32 Å². The Kier molecular flexibility index (Phi) is 5.25. The molecule has 7 heteroatoms. The van der Waals surface area contributed by atoms with Crippen molar-refractivity contribution in [3.63, 3.8) is 0 Å². The summed E-state index contributed by atoms with van der Waals surface area (Å²) in [5.41, 5.74) is 5.50. The van der Waals surface area contributed by atoms with Gasteiger partial charge in [-0.2, -0.15) is 9.61 Å². The lowest BCUT2D eigenvalue weighted by atomic mass is 10.0. The average molecular weight is 440 g/mol. The normalized spacial score (nSPS) is 11.1. The van der Waals surface area contributed by atoms with Crippen LogP contribution in [0.1, 0.15) is 28.7 Å². The van der Waals surface area contributed by atoms with E-state index in [-0.39, 0.29) is 5.91 Å². The van der Waals surface area contributed by atoms with Crippen molar-refractivity contribution in [1.29, 1.82) is 0 Å². The van der Waals surface area contributed by atoms with Crippen molar-refractivity contribution in [2.75, 3.05) is 5.32 Å². The van der Waals surface area contributed by atoms with Crippen molar-refractivity contribution in [2.24, 2.45) is 0 Å². The first-order valence-corrected chi connectivity index (χ1v) is 11.2. The number of aromatic nitrogens is 4. The molecule has 0 aliphatic heterocycles. The molecule has 5 rings (SSSR count). The number of carbonyl (C=O) groups is 1. The van der Waals surface area contributed by atoms with E-state index in [9.17, 15) is 4.79 Å². The van der Waals surface area contributed by atoms with E-state index >= 15 is 0 Å². The molecule has 0 saturated heterocycles. The van der Waals surface area contributed by atoms with Crippen LogP contribution >= 0.6 is 11.3 Å². The van der Waals surface area contributed by atoms with Crippen LogP contribution in [0.25, 0.3) is 26.7 Å². The smallest absolute Gasteiger partial charge is 0.255 e. The maximum absolute atomic E-state index is 12.9. The third kappa shape index (κ3) is 3.78. The van der Waals surface area contributed by atoms with Gasteiger partial charge in [0.2, 0.25) is 4.96 Å². The van der Waals surface area contributed by atoms with Gasteiger partial charge in [0.25, 0.3) is 5.91 Å². The van der Waals surface area contributed by atoms with Crippen LogP contribution in [-0.2, 0) is 6.42 Å². The Morgan fingerprint density at radius 2 is 1.66 bits per heavy atom. The minimum atomic E-state index is -0.142. The number of aryl methyl sites for hydroxylation is 2. The lowest BCUT2D eigenvalue weighted by Gasteiger charge is -2.10. The minimum Gasteiger partial charge on any atom is -0.322 e. The Hall–Kier alpha value is -3.84. The van der Waals surface area contributed by atoms with Gasteiger partial charge in [-0.05, 0) is 41.8 Å². The lowest BCUT2D eigenvalue weighted by Crippen LogP contribution is -2.12. The maximum atomic E-state index is 12.9. The molecule has 1 amide bonds. The highest BCUT2D eigenvalue weighted by molar-refractivity contribution is 7.19. The van der Waals surface area contributed by atoms with Gasteiger partial charge in [0, 0.05) is 23.2 Å². The Morgan fingerprint density at radius 3 is 2.41 bits per heavy atom. The standard InChI is InChI=1S/C25H21N5OS/c1-3-22-27-28-25-30(22)29-24(32-25)20-10-9-16(2)21(15-20)26-23(31)19-13-11-18(12-14-19)17-7-5-4-6-8-17/h4-15H,3H2,1-2H3,(H,26,31). The summed E-state index contributed by atoms with van der Waals surface area (Å²) in [7, 11) is 0. The first-order chi connectivity index (χ1) is 15.6. The summed E-state index contributed by atoms with van der Waals surface area (Å²) in [6, 6.07) is 23.7. The molecule has 0 aliphatic carbocycles. The largest absolute Gasteiger partial charge is 0.322 e. The van der Waals surface area contributed by atoms with E-state index in [4.69, 9.17) is 0 Å². The van der Waals surface area contributed by atoms with E-state index in [0.717, 1.165) is 50.2 Å². The number of nitrogens with zero attached hydrogens (tertiary/aromatic N) is 4. The Labute approximate surface area is 189 Å². The predicted octanol–water partition coefficient (Wildman–Crippen LogP) is 5.64. The third-order valence-electron chi connectivity index (χ3n) is 5.36. The zero-order valence-corrected chi connectivity index (χ0v) is 18.6. The first-order valence-electron chi connectivity index (χ1n) is 10.4. The van der Waals surface area contributed by atoms with Crippen LogP contribution < -0.4 is 5.32 Å². The van der Waals surface area contributed by atoms with Gasteiger partial charge in [-0.1, -0.05) is 72.9 Å². The predicted molar refractivity (Wildman–Crippen MR) is 128 cm³/mol. The van der Waals surface area contributed by atoms with Crippen molar-refractivity contribution in [1.82, 2.24) is 19.8 Å². The fourth-order valence-electron chi connectivity index (χ4n) is 3.52. The molecule has 0 bridgehead atoms. The first kappa shape index (κ1) is 20.1. The summed E-state index contributed by atoms with van der Waals surface area (Å²) in [5.74, 6) is 0.693. The number of hydrogen-bond donors (Lipinski definition) is 1. The summed E-state index contributed by atoms with van der Waals surface area (Å²) >= 11 is 1.48. The summed E-state index contributed by atoms with van der Waals surface area (Å²) in [5, 5.41) is 16.9. The summed E-state index contributed by atoms with van der Waals surface area (Å²) < 4.78 is 1.78. The average Bonchev–Trinajstić information content (AvgIpc) is 3.42. The molecule has 0 fully saturated rings. The second kappa shape index (κ2) is 8.36. The molecule has 2 aromatic heterocycles. The molecule has 0 spiro atoms. The summed E-state index contributed by atoms with van der Waals surface area (Å²) in [4.78, 5) is 13.7. The van der Waals surface area contributed by atoms with Crippen LogP contribution in [0.2, 0.25) is 0 Å². The lowest BCUT2D eigenvalue weighted by molar-refractivity contribution is 0.102. The number of fused-ring (bicyclic) bond motifs is 1. The van der Waals surface area contributed by atoms with Crippen molar-refractivity contribution in [3.05, 3.63) is 89.7 Å². The van der Waals surface area contributed by atoms with Crippen molar-refractivity contribution in [3.8, 4) is 21.7 Å². The van der Waals surface area contributed by atoms with Gasteiger partial charge >= 0.3 is 0 Å². The molecule has 0 aliphatic rings. The highest BCUT2D eigenvalue weighted by Gasteiger charge is 2.14. The van der Waals surface area contributed by atoms with Crippen LogP contribution in [0.15, 0.2) is 72.8 Å². The zero-order chi connectivity index (χ0) is 22.1. The molecular formula is C25H21N5OS. The van der Waals surface area contributed by atoms with Gasteiger partial charge in [-0.15, -0.1) is 10.2 Å². The fourth-order valence-corrected chi connectivity index (χ4v) is 4.38. The molecule has 0 radical (unpaired) electrons. The van der Waals surface area contributed by atoms with E-state index in [1.165, 1.54) is 11.3 Å². The molecule has 0 unspecified atom stereocenters. The van der Waals surface area contributed by atoms with E-state index in [1.807, 2.05) is 74.5 Å². The van der Waals surface area contributed by atoms with Gasteiger partial charge in [0.05, 0.1) is 0 Å². The van der Waals surface area contributed by atoms with Gasteiger partial charge in [-0.25, -0.2) is 0 Å². The van der Waals surface area contributed by atoms with E-state index in [1.54, 1.807) is 4.52 Å². The SMILES string of the molecule is CCc1nnc2sc(-c3ccc(C)c(NC(=O)c4ccc(-c5ccccc5)cc4)c3)nn12. The number of hydrogen-bond acceptors (Lipinski definition) is 5. The second-order valence-corrected chi connectivity index (χ2v) is 8.45. The van der Waals surface area contributed by atoms with Gasteiger partial charge in [-0.3, -0.25) is 4.79 Å². The fraction of sp³-hybridized carbons (Fsp3) is 0.120. The summed E-state index contributed by atoms with van der Waals surface area (Å²) in [6.45, 7) is 4.01. The molecule has 0 saturated carbocycles. The van der Waals surface area contributed by atoms with Crippen LogP contribution in [-0.4, -0.2) is 25.7 Å². The molecule has 0 atom stereocenters. The zero-order valence-electron chi connectivity index (χ0n) is 17.7. The second-order valence-electron chi connectivity index (χ2n) is 7.50. The summed E-state index contributed by atoms with van der Waals surface area (Å²) in [6.07, 6.45) is 0.766. The topological polar surface area (TPSA) is 72.2 Å². The molecule has 158 valence electrons. The van der Waals surface area contributed by atoms with E-state index in [0.29, 0.717) is 5.56 Å². The molecule has 32 heavy (non-hydrogen) atoms. The molecule has 2 heterocycles. The number of benzene rings is 3. The van der Waals surface area contributed by atoms with Crippen LogP contribution in [0.4, 0.5) is 5.69 Å². The Bertz CT molecular complexity index is 1400. The highest BCUT2D eigenvalue weighted by atomic mass is 32.1. The quantitative estimate of drug-likeness (QED) is 0.384. The Morgan fingerprint density at radius 1 is 0.938 bits per heavy atom. The number of amides is 1. The number of anilines is 1. The molecular weight excluding hydrogens is 418 g/mol. The van der Waals surface area contributed by atoms with Crippen molar-refractivity contribution >= 4 is 27.9 Å². The van der Waals surface area contributed by atoms with Gasteiger partial charge in [0.15, 0.2) is 5.82 Å². The molecule has 1 N–H and O–H groups in total.